The number of hydrogen-bond donors (Lipinski definition) is 0. The Kier molecular flexibility index (Phi) is 7.41. The van der Waals surface area contributed by atoms with Gasteiger partial charge in [0.25, 0.3) is 0 Å². The van der Waals surface area contributed by atoms with Crippen molar-refractivity contribution in [3.63, 3.8) is 0 Å². The van der Waals surface area contributed by atoms with Crippen molar-refractivity contribution in [1.82, 2.24) is 0 Å². The lowest BCUT2D eigenvalue weighted by Crippen LogP contribution is -2.09. The number of anilines is 3. The minimum atomic E-state index is 0.927. The van der Waals surface area contributed by atoms with Crippen LogP contribution in [0.25, 0.3) is 24.3 Å². The van der Waals surface area contributed by atoms with E-state index in [0.29, 0.717) is 0 Å². The molecule has 0 aliphatic carbocycles. The monoisotopic (exact) mass is 485 g/mol. The fourth-order valence-electron chi connectivity index (χ4n) is 3.96. The number of thiophene rings is 1. The second-order valence-electron chi connectivity index (χ2n) is 8.33. The van der Waals surface area contributed by atoms with Crippen LogP contribution in [0.3, 0.4) is 0 Å². The highest BCUT2D eigenvalue weighted by Gasteiger charge is 2.11. The predicted molar refractivity (Wildman–Crippen MR) is 156 cm³/mol. The van der Waals surface area contributed by atoms with Crippen LogP contribution >= 0.6 is 11.3 Å². The minimum absolute atomic E-state index is 0.927. The van der Waals surface area contributed by atoms with Crippen molar-refractivity contribution >= 4 is 52.7 Å². The van der Waals surface area contributed by atoms with Crippen molar-refractivity contribution in [1.29, 1.82) is 0 Å². The van der Waals surface area contributed by atoms with Gasteiger partial charge in [0.05, 0.1) is 7.11 Å². The molecule has 0 atom stereocenters. The molecule has 2 nitrogen and oxygen atoms in total. The number of hydrogen-bond acceptors (Lipinski definition) is 3. The molecule has 0 spiro atoms. The summed E-state index contributed by atoms with van der Waals surface area (Å²) in [5, 5.41) is 3.02. The number of para-hydroxylation sites is 2. The molecular formula is C33H27NOS. The standard InChI is InChI=1S/C33H27NOS/c1-35-33-24-29(25-36-33)19-18-27-14-12-26(13-15-27)16-17-28-20-22-32(23-21-28)34(30-8-4-2-5-9-30)31-10-6-3-7-11-31/h2-25H,1H3. The van der Waals surface area contributed by atoms with Crippen LogP contribution in [0.15, 0.2) is 121 Å². The number of ether oxygens (including phenoxy) is 1. The quantitative estimate of drug-likeness (QED) is 0.203. The highest BCUT2D eigenvalue weighted by Crippen LogP contribution is 2.34. The summed E-state index contributed by atoms with van der Waals surface area (Å²) in [7, 11) is 1.70. The Balaban J connectivity index is 1.29. The Labute approximate surface area is 217 Å². The van der Waals surface area contributed by atoms with Gasteiger partial charge in [0.15, 0.2) is 5.06 Å². The third-order valence-electron chi connectivity index (χ3n) is 5.85. The van der Waals surface area contributed by atoms with Crippen LogP contribution in [0, 0.1) is 0 Å². The van der Waals surface area contributed by atoms with Crippen LogP contribution in [-0.2, 0) is 0 Å². The van der Waals surface area contributed by atoms with Crippen molar-refractivity contribution in [2.24, 2.45) is 0 Å². The van der Waals surface area contributed by atoms with E-state index in [1.807, 2.05) is 18.2 Å². The van der Waals surface area contributed by atoms with Gasteiger partial charge in [0, 0.05) is 22.4 Å². The lowest BCUT2D eigenvalue weighted by Gasteiger charge is -2.25. The molecule has 3 heteroatoms. The van der Waals surface area contributed by atoms with Crippen molar-refractivity contribution in [2.75, 3.05) is 12.0 Å². The van der Waals surface area contributed by atoms with Crippen LogP contribution < -0.4 is 9.64 Å². The first-order valence-corrected chi connectivity index (χ1v) is 12.8. The molecule has 1 heterocycles. The summed E-state index contributed by atoms with van der Waals surface area (Å²) in [5.74, 6) is 0. The van der Waals surface area contributed by atoms with Gasteiger partial charge < -0.3 is 9.64 Å². The molecule has 0 amide bonds. The van der Waals surface area contributed by atoms with E-state index < -0.39 is 0 Å². The van der Waals surface area contributed by atoms with E-state index in [2.05, 4.69) is 132 Å². The maximum atomic E-state index is 5.26. The van der Waals surface area contributed by atoms with Gasteiger partial charge in [-0.3, -0.25) is 0 Å². The normalized spacial score (nSPS) is 11.2. The Bertz CT molecular complexity index is 1390. The van der Waals surface area contributed by atoms with Gasteiger partial charge >= 0.3 is 0 Å². The zero-order chi connectivity index (χ0) is 24.6. The number of benzene rings is 4. The topological polar surface area (TPSA) is 12.5 Å². The second-order valence-corrected chi connectivity index (χ2v) is 9.21. The maximum absolute atomic E-state index is 5.26. The molecule has 36 heavy (non-hydrogen) atoms. The summed E-state index contributed by atoms with van der Waals surface area (Å²) in [4.78, 5) is 2.27. The summed E-state index contributed by atoms with van der Waals surface area (Å²) in [6.45, 7) is 0. The van der Waals surface area contributed by atoms with E-state index in [4.69, 9.17) is 4.74 Å². The van der Waals surface area contributed by atoms with Gasteiger partial charge in [-0.25, -0.2) is 0 Å². The first kappa shape index (κ1) is 23.4. The van der Waals surface area contributed by atoms with Crippen molar-refractivity contribution in [3.05, 3.63) is 143 Å². The molecule has 0 bridgehead atoms. The van der Waals surface area contributed by atoms with Gasteiger partial charge in [-0.2, -0.15) is 0 Å². The van der Waals surface area contributed by atoms with Gasteiger partial charge in [0.1, 0.15) is 0 Å². The Hall–Kier alpha value is -4.34. The summed E-state index contributed by atoms with van der Waals surface area (Å²) >= 11 is 1.61. The summed E-state index contributed by atoms with van der Waals surface area (Å²) < 4.78 is 5.26. The van der Waals surface area contributed by atoms with Gasteiger partial charge in [-0.05, 0) is 64.7 Å². The molecule has 0 N–H and O–H groups in total. The van der Waals surface area contributed by atoms with Crippen molar-refractivity contribution < 1.29 is 4.74 Å². The van der Waals surface area contributed by atoms with Crippen LogP contribution in [0.5, 0.6) is 5.06 Å². The van der Waals surface area contributed by atoms with Crippen molar-refractivity contribution in [2.45, 2.75) is 0 Å². The molecule has 0 saturated carbocycles. The maximum Gasteiger partial charge on any atom is 0.173 e. The lowest BCUT2D eigenvalue weighted by atomic mass is 10.1. The smallest absolute Gasteiger partial charge is 0.173 e. The van der Waals surface area contributed by atoms with E-state index >= 15 is 0 Å². The van der Waals surface area contributed by atoms with E-state index in [0.717, 1.165) is 33.3 Å². The third kappa shape index (κ3) is 5.83. The molecule has 0 radical (unpaired) electrons. The first-order valence-electron chi connectivity index (χ1n) is 11.9. The average molecular weight is 486 g/mol. The molecule has 5 aromatic rings. The molecule has 4 aromatic carbocycles. The molecule has 5 rings (SSSR count). The van der Waals surface area contributed by atoms with Crippen molar-refractivity contribution in [3.8, 4) is 5.06 Å². The molecule has 0 fully saturated rings. The molecule has 0 aliphatic rings. The van der Waals surface area contributed by atoms with Crippen LogP contribution in [-0.4, -0.2) is 7.11 Å². The lowest BCUT2D eigenvalue weighted by molar-refractivity contribution is 0.427. The van der Waals surface area contributed by atoms with Crippen LogP contribution in [0.2, 0.25) is 0 Å². The fraction of sp³-hybridized carbons (Fsp3) is 0.0303. The van der Waals surface area contributed by atoms with Crippen LogP contribution in [0.4, 0.5) is 17.1 Å². The molecule has 1 aromatic heterocycles. The summed E-state index contributed by atoms with van der Waals surface area (Å²) in [6, 6.07) is 40.2. The number of rotatable bonds is 8. The zero-order valence-electron chi connectivity index (χ0n) is 20.1. The van der Waals surface area contributed by atoms with E-state index in [1.165, 1.54) is 11.1 Å². The molecule has 176 valence electrons. The SMILES string of the molecule is COc1cc(C=Cc2ccc(C=Cc3ccc(N(c4ccccc4)c4ccccc4)cc3)cc2)cs1. The highest BCUT2D eigenvalue weighted by molar-refractivity contribution is 7.12. The minimum Gasteiger partial charge on any atom is -0.487 e. The zero-order valence-corrected chi connectivity index (χ0v) is 20.9. The molecular weight excluding hydrogens is 458 g/mol. The number of nitrogens with zero attached hydrogens (tertiary/aromatic N) is 1. The van der Waals surface area contributed by atoms with Gasteiger partial charge in [0.2, 0.25) is 0 Å². The third-order valence-corrected chi connectivity index (χ3v) is 6.76. The molecule has 0 aliphatic heterocycles. The predicted octanol–water partition coefficient (Wildman–Crippen LogP) is 9.57. The Morgan fingerprint density at radius 1 is 0.528 bits per heavy atom. The van der Waals surface area contributed by atoms with Crippen LogP contribution in [0.1, 0.15) is 22.3 Å². The summed E-state index contributed by atoms with van der Waals surface area (Å²) in [5.41, 5.74) is 8.06. The fourth-order valence-corrected chi connectivity index (χ4v) is 4.66. The van der Waals surface area contributed by atoms with E-state index in [9.17, 15) is 0 Å². The van der Waals surface area contributed by atoms with Gasteiger partial charge in [-0.15, -0.1) is 11.3 Å². The second kappa shape index (κ2) is 11.4. The van der Waals surface area contributed by atoms with Gasteiger partial charge in [-0.1, -0.05) is 97.1 Å². The Morgan fingerprint density at radius 3 is 1.39 bits per heavy atom. The van der Waals surface area contributed by atoms with E-state index in [1.54, 1.807) is 18.4 Å². The number of methoxy groups -OCH3 is 1. The van der Waals surface area contributed by atoms with E-state index in [-0.39, 0.29) is 0 Å². The Morgan fingerprint density at radius 2 is 0.944 bits per heavy atom. The average Bonchev–Trinajstić information content (AvgIpc) is 3.42. The molecule has 0 saturated heterocycles. The highest BCUT2D eigenvalue weighted by atomic mass is 32.1. The summed E-state index contributed by atoms with van der Waals surface area (Å²) in [6.07, 6.45) is 8.54. The molecule has 0 unspecified atom stereocenters. The largest absolute Gasteiger partial charge is 0.487 e. The first-order chi connectivity index (χ1) is 17.8.